The van der Waals surface area contributed by atoms with E-state index in [0.717, 1.165) is 18.2 Å². The Hall–Kier alpha value is -1.61. The van der Waals surface area contributed by atoms with Gasteiger partial charge in [-0.1, -0.05) is 6.07 Å². The summed E-state index contributed by atoms with van der Waals surface area (Å²) < 4.78 is 68.1. The fourth-order valence-electron chi connectivity index (χ4n) is 1.70. The molecule has 0 aromatic heterocycles. The van der Waals surface area contributed by atoms with Crippen LogP contribution in [0.3, 0.4) is 0 Å². The fourth-order valence-corrected chi connectivity index (χ4v) is 2.96. The molecule has 0 bridgehead atoms. The summed E-state index contributed by atoms with van der Waals surface area (Å²) in [5, 5.41) is 0. The monoisotopic (exact) mass is 309 g/mol. The molecule has 110 valence electrons. The lowest BCUT2D eigenvalue weighted by Crippen LogP contribution is -2.37. The van der Waals surface area contributed by atoms with E-state index in [-0.39, 0.29) is 13.0 Å². The van der Waals surface area contributed by atoms with Gasteiger partial charge < -0.3 is 4.74 Å². The molecule has 1 heterocycles. The Morgan fingerprint density at radius 1 is 1.30 bits per heavy atom. The number of nitrogens with one attached hydrogen (secondary N) is 1. The quantitative estimate of drug-likeness (QED) is 0.854. The molecule has 1 atom stereocenters. The summed E-state index contributed by atoms with van der Waals surface area (Å²) in [5.74, 6) is -0.736. The lowest BCUT2D eigenvalue weighted by molar-refractivity contribution is -0.139. The maximum Gasteiger partial charge on any atom is 0.416 e. The molecule has 1 aliphatic rings. The van der Waals surface area contributed by atoms with Crippen LogP contribution in [0.1, 0.15) is 12.0 Å². The summed E-state index contributed by atoms with van der Waals surface area (Å²) in [5.41, 5.74) is -1.07. The van der Waals surface area contributed by atoms with Gasteiger partial charge in [-0.2, -0.15) is 17.9 Å². The highest BCUT2D eigenvalue weighted by Crippen LogP contribution is 2.30. The smallest absolute Gasteiger partial charge is 0.416 e. The van der Waals surface area contributed by atoms with Crippen molar-refractivity contribution in [1.29, 1.82) is 0 Å². The van der Waals surface area contributed by atoms with Crippen LogP contribution in [0.25, 0.3) is 0 Å². The number of esters is 1. The van der Waals surface area contributed by atoms with Crippen molar-refractivity contribution in [2.75, 3.05) is 6.61 Å². The molecule has 1 saturated heterocycles. The lowest BCUT2D eigenvalue weighted by atomic mass is 10.2. The molecule has 1 aromatic rings. The first-order valence-electron chi connectivity index (χ1n) is 5.56. The van der Waals surface area contributed by atoms with E-state index in [4.69, 9.17) is 0 Å². The van der Waals surface area contributed by atoms with Crippen LogP contribution < -0.4 is 4.72 Å². The zero-order valence-electron chi connectivity index (χ0n) is 9.98. The summed E-state index contributed by atoms with van der Waals surface area (Å²) in [4.78, 5) is 10.6. The Bertz CT molecular complexity index is 627. The molecule has 0 unspecified atom stereocenters. The number of ether oxygens (including phenoxy) is 1. The molecular weight excluding hydrogens is 299 g/mol. The van der Waals surface area contributed by atoms with Gasteiger partial charge in [-0.25, -0.2) is 8.42 Å². The summed E-state index contributed by atoms with van der Waals surface area (Å²) in [6.45, 7) is 0.0780. The molecule has 1 aliphatic heterocycles. The van der Waals surface area contributed by atoms with Crippen molar-refractivity contribution in [3.63, 3.8) is 0 Å². The van der Waals surface area contributed by atoms with Gasteiger partial charge in [-0.05, 0) is 18.2 Å². The van der Waals surface area contributed by atoms with Crippen molar-refractivity contribution in [3.05, 3.63) is 29.8 Å². The number of carbonyl (C=O) groups excluding carboxylic acids is 1. The molecule has 0 aliphatic carbocycles. The van der Waals surface area contributed by atoms with E-state index in [2.05, 4.69) is 4.74 Å². The van der Waals surface area contributed by atoms with Crippen molar-refractivity contribution in [2.45, 2.75) is 23.5 Å². The van der Waals surface area contributed by atoms with Gasteiger partial charge in [0.05, 0.1) is 17.1 Å². The second kappa shape index (κ2) is 5.06. The van der Waals surface area contributed by atoms with E-state index in [0.29, 0.717) is 6.07 Å². The number of alkyl halides is 3. The van der Waals surface area contributed by atoms with Crippen LogP contribution in [0.2, 0.25) is 0 Å². The molecule has 2 rings (SSSR count). The fraction of sp³-hybridized carbons (Fsp3) is 0.364. The third-order valence-electron chi connectivity index (χ3n) is 2.70. The van der Waals surface area contributed by atoms with Crippen molar-refractivity contribution in [2.24, 2.45) is 0 Å². The predicted molar refractivity (Wildman–Crippen MR) is 61.1 cm³/mol. The van der Waals surface area contributed by atoms with Gasteiger partial charge in [0.25, 0.3) is 0 Å². The largest absolute Gasteiger partial charge is 0.464 e. The number of hydrogen-bond donors (Lipinski definition) is 1. The summed E-state index contributed by atoms with van der Waals surface area (Å²) in [6.07, 6.45) is -4.49. The van der Waals surface area contributed by atoms with E-state index in [1.165, 1.54) is 0 Å². The molecule has 1 fully saturated rings. The van der Waals surface area contributed by atoms with Crippen LogP contribution in [0, 0.1) is 0 Å². The number of carbonyl (C=O) groups is 1. The molecule has 20 heavy (non-hydrogen) atoms. The van der Waals surface area contributed by atoms with E-state index in [1.54, 1.807) is 0 Å². The highest BCUT2D eigenvalue weighted by molar-refractivity contribution is 7.89. The van der Waals surface area contributed by atoms with Crippen LogP contribution in [-0.4, -0.2) is 27.0 Å². The molecule has 0 spiro atoms. The number of sulfonamides is 1. The van der Waals surface area contributed by atoms with Crippen LogP contribution in [0.4, 0.5) is 13.2 Å². The molecular formula is C11H10F3NO4S. The summed E-state index contributed by atoms with van der Waals surface area (Å²) >= 11 is 0. The SMILES string of the molecule is O=C1OCC[C@@H]1NS(=O)(=O)c1cccc(C(F)(F)F)c1. The molecule has 0 saturated carbocycles. The first-order chi connectivity index (χ1) is 9.20. The minimum atomic E-state index is -4.64. The molecule has 1 N–H and O–H groups in total. The Morgan fingerprint density at radius 3 is 2.55 bits per heavy atom. The maximum absolute atomic E-state index is 12.5. The number of rotatable bonds is 3. The average molecular weight is 309 g/mol. The van der Waals surface area contributed by atoms with E-state index in [9.17, 15) is 26.4 Å². The van der Waals surface area contributed by atoms with Gasteiger partial charge in [-0.3, -0.25) is 4.79 Å². The topological polar surface area (TPSA) is 72.5 Å². The van der Waals surface area contributed by atoms with Crippen molar-refractivity contribution >= 4 is 16.0 Å². The van der Waals surface area contributed by atoms with Crippen molar-refractivity contribution < 1.29 is 31.1 Å². The molecule has 0 radical (unpaired) electrons. The Labute approximate surface area is 112 Å². The second-order valence-electron chi connectivity index (χ2n) is 4.16. The van der Waals surface area contributed by atoms with Gasteiger partial charge >= 0.3 is 12.1 Å². The Balaban J connectivity index is 2.28. The Morgan fingerprint density at radius 2 is 2.00 bits per heavy atom. The minimum absolute atomic E-state index is 0.0780. The highest BCUT2D eigenvalue weighted by atomic mass is 32.2. The first-order valence-corrected chi connectivity index (χ1v) is 7.05. The molecule has 9 heteroatoms. The lowest BCUT2D eigenvalue weighted by Gasteiger charge is -2.12. The van der Waals surface area contributed by atoms with E-state index in [1.807, 2.05) is 4.72 Å². The summed E-state index contributed by atoms with van der Waals surface area (Å²) in [6, 6.07) is 2.24. The minimum Gasteiger partial charge on any atom is -0.464 e. The van der Waals surface area contributed by atoms with Crippen LogP contribution in [0.5, 0.6) is 0 Å². The predicted octanol–water partition coefficient (Wildman–Crippen LogP) is 1.30. The van der Waals surface area contributed by atoms with Gasteiger partial charge in [0, 0.05) is 6.42 Å². The highest BCUT2D eigenvalue weighted by Gasteiger charge is 2.34. The normalized spacial score (nSPS) is 19.9. The average Bonchev–Trinajstić information content (AvgIpc) is 2.73. The number of benzene rings is 1. The molecule has 5 nitrogen and oxygen atoms in total. The van der Waals surface area contributed by atoms with Gasteiger partial charge in [0.1, 0.15) is 6.04 Å². The number of cyclic esters (lactones) is 1. The first kappa shape index (κ1) is 14.8. The van der Waals surface area contributed by atoms with Crippen molar-refractivity contribution in [3.8, 4) is 0 Å². The van der Waals surface area contributed by atoms with Gasteiger partial charge in [0.15, 0.2) is 0 Å². The van der Waals surface area contributed by atoms with E-state index < -0.39 is 38.7 Å². The molecule has 0 amide bonds. The third-order valence-corrected chi connectivity index (χ3v) is 4.17. The maximum atomic E-state index is 12.5. The van der Waals surface area contributed by atoms with Crippen LogP contribution in [-0.2, 0) is 25.7 Å². The second-order valence-corrected chi connectivity index (χ2v) is 5.87. The van der Waals surface area contributed by atoms with Gasteiger partial charge in [0.2, 0.25) is 10.0 Å². The third kappa shape index (κ3) is 3.10. The molecule has 1 aromatic carbocycles. The zero-order chi connectivity index (χ0) is 15.0. The Kier molecular flexibility index (Phi) is 3.74. The number of hydrogen-bond acceptors (Lipinski definition) is 4. The van der Waals surface area contributed by atoms with Crippen LogP contribution in [0.15, 0.2) is 29.2 Å². The van der Waals surface area contributed by atoms with Gasteiger partial charge in [-0.15, -0.1) is 0 Å². The number of halogens is 3. The zero-order valence-corrected chi connectivity index (χ0v) is 10.8. The van der Waals surface area contributed by atoms with Crippen molar-refractivity contribution in [1.82, 2.24) is 4.72 Å². The van der Waals surface area contributed by atoms with E-state index >= 15 is 0 Å². The summed E-state index contributed by atoms with van der Waals surface area (Å²) in [7, 11) is -4.21. The standard InChI is InChI=1S/C11H10F3NO4S/c12-11(13,14)7-2-1-3-8(6-7)20(17,18)15-9-4-5-19-10(9)16/h1-3,6,9,15H,4-5H2/t9-/m0/s1. The van der Waals surface area contributed by atoms with Crippen LogP contribution >= 0.6 is 0 Å².